The lowest BCUT2D eigenvalue weighted by Gasteiger charge is -2.32. The average Bonchev–Trinajstić information content (AvgIpc) is 2.52. The van der Waals surface area contributed by atoms with E-state index in [0.717, 1.165) is 31.7 Å². The van der Waals surface area contributed by atoms with Crippen molar-refractivity contribution in [2.75, 3.05) is 39.8 Å². The number of aryl methyl sites for hydroxylation is 1. The first-order valence-electron chi connectivity index (χ1n) is 7.42. The summed E-state index contributed by atoms with van der Waals surface area (Å²) in [5.74, 6) is -0.0579. The molecular weight excluding hydrogens is 266 g/mol. The van der Waals surface area contributed by atoms with Gasteiger partial charge in [-0.15, -0.1) is 0 Å². The maximum absolute atomic E-state index is 12.0. The molecule has 1 N–H and O–H groups in total. The highest BCUT2D eigenvalue weighted by molar-refractivity contribution is 5.84. The van der Waals surface area contributed by atoms with E-state index in [4.69, 9.17) is 0 Å². The fourth-order valence-electron chi connectivity index (χ4n) is 2.33. The van der Waals surface area contributed by atoms with Crippen molar-refractivity contribution in [1.82, 2.24) is 15.1 Å². The van der Waals surface area contributed by atoms with Gasteiger partial charge < -0.3 is 15.1 Å². The van der Waals surface area contributed by atoms with Crippen molar-refractivity contribution in [2.24, 2.45) is 0 Å². The molecule has 1 aliphatic rings. The molecule has 21 heavy (non-hydrogen) atoms. The molecule has 0 bridgehead atoms. The number of likely N-dealkylation sites (N-methyl/N-ethyl adjacent to an activating group) is 1. The first kappa shape index (κ1) is 15.5. The molecule has 1 aliphatic heterocycles. The van der Waals surface area contributed by atoms with E-state index in [9.17, 15) is 9.59 Å². The van der Waals surface area contributed by atoms with Gasteiger partial charge in [0.25, 0.3) is 0 Å². The predicted octanol–water partition coefficient (Wildman–Crippen LogP) is 0.509. The molecule has 1 heterocycles. The third kappa shape index (κ3) is 5.19. The van der Waals surface area contributed by atoms with E-state index < -0.39 is 0 Å². The summed E-state index contributed by atoms with van der Waals surface area (Å²) in [5.41, 5.74) is 1.14. The quantitative estimate of drug-likeness (QED) is 0.859. The number of hydrogen-bond acceptors (Lipinski definition) is 3. The summed E-state index contributed by atoms with van der Waals surface area (Å²) in [7, 11) is 2.05. The molecule has 0 saturated carbocycles. The second-order valence-corrected chi connectivity index (χ2v) is 5.45. The Hall–Kier alpha value is -1.88. The van der Waals surface area contributed by atoms with Crippen LogP contribution in [0.1, 0.15) is 12.0 Å². The van der Waals surface area contributed by atoms with Crippen LogP contribution in [0.25, 0.3) is 0 Å². The van der Waals surface area contributed by atoms with Crippen molar-refractivity contribution < 1.29 is 9.59 Å². The number of carbonyl (C=O) groups is 2. The zero-order valence-electron chi connectivity index (χ0n) is 12.5. The number of carbonyl (C=O) groups excluding carboxylic acids is 2. The number of benzene rings is 1. The van der Waals surface area contributed by atoms with Crippen molar-refractivity contribution in [3.8, 4) is 0 Å². The molecule has 114 valence electrons. The van der Waals surface area contributed by atoms with Crippen molar-refractivity contribution in [2.45, 2.75) is 12.8 Å². The van der Waals surface area contributed by atoms with Crippen LogP contribution in [0.5, 0.6) is 0 Å². The van der Waals surface area contributed by atoms with Gasteiger partial charge in [0.05, 0.1) is 6.54 Å². The Morgan fingerprint density at radius 1 is 1.10 bits per heavy atom. The van der Waals surface area contributed by atoms with Crippen LogP contribution in [0, 0.1) is 0 Å². The third-order valence-electron chi connectivity index (χ3n) is 3.78. The molecule has 0 radical (unpaired) electrons. The number of nitrogens with one attached hydrogen (secondary N) is 1. The molecule has 2 rings (SSSR count). The molecule has 5 nitrogen and oxygen atoms in total. The van der Waals surface area contributed by atoms with Crippen molar-refractivity contribution in [3.63, 3.8) is 0 Å². The first-order valence-corrected chi connectivity index (χ1v) is 7.42. The van der Waals surface area contributed by atoms with Crippen LogP contribution in [0.4, 0.5) is 0 Å². The van der Waals surface area contributed by atoms with E-state index in [0.29, 0.717) is 12.8 Å². The molecule has 0 aliphatic carbocycles. The predicted molar refractivity (Wildman–Crippen MR) is 81.8 cm³/mol. The summed E-state index contributed by atoms with van der Waals surface area (Å²) < 4.78 is 0. The van der Waals surface area contributed by atoms with E-state index in [1.54, 1.807) is 0 Å². The summed E-state index contributed by atoms with van der Waals surface area (Å²) >= 11 is 0. The topological polar surface area (TPSA) is 52.6 Å². The molecule has 1 saturated heterocycles. The largest absolute Gasteiger partial charge is 0.347 e. The maximum atomic E-state index is 12.0. The number of rotatable bonds is 5. The standard InChI is InChI=1S/C16H23N3O2/c1-18-9-11-19(12-10-18)16(21)13-17-15(20)8-7-14-5-3-2-4-6-14/h2-6H,7-13H2,1H3,(H,17,20). The fraction of sp³-hybridized carbons (Fsp3) is 0.500. The lowest BCUT2D eigenvalue weighted by Crippen LogP contribution is -2.50. The fourth-order valence-corrected chi connectivity index (χ4v) is 2.33. The minimum absolute atomic E-state index is 0.0103. The molecule has 0 unspecified atom stereocenters. The Balaban J connectivity index is 1.65. The number of hydrogen-bond donors (Lipinski definition) is 1. The molecule has 5 heteroatoms. The normalized spacial score (nSPS) is 15.8. The van der Waals surface area contributed by atoms with Crippen LogP contribution >= 0.6 is 0 Å². The minimum atomic E-state index is -0.0682. The summed E-state index contributed by atoms with van der Waals surface area (Å²) in [6.45, 7) is 3.39. The van der Waals surface area contributed by atoms with Gasteiger partial charge in [0.15, 0.2) is 0 Å². The zero-order valence-corrected chi connectivity index (χ0v) is 12.5. The van der Waals surface area contributed by atoms with Gasteiger partial charge in [-0.05, 0) is 19.0 Å². The van der Waals surface area contributed by atoms with Crippen LogP contribution in [-0.4, -0.2) is 61.4 Å². The third-order valence-corrected chi connectivity index (χ3v) is 3.78. The van der Waals surface area contributed by atoms with Crippen LogP contribution in [-0.2, 0) is 16.0 Å². The second kappa shape index (κ2) is 7.78. The average molecular weight is 289 g/mol. The van der Waals surface area contributed by atoms with E-state index >= 15 is 0 Å². The van der Waals surface area contributed by atoms with Gasteiger partial charge in [-0.3, -0.25) is 9.59 Å². The Bertz CT molecular complexity index is 468. The molecule has 2 amide bonds. The molecular formula is C16H23N3O2. The Labute approximate surface area is 125 Å². The van der Waals surface area contributed by atoms with Gasteiger partial charge in [-0.25, -0.2) is 0 Å². The van der Waals surface area contributed by atoms with Crippen molar-refractivity contribution in [3.05, 3.63) is 35.9 Å². The van der Waals surface area contributed by atoms with Gasteiger partial charge in [0.1, 0.15) is 0 Å². The monoisotopic (exact) mass is 289 g/mol. The molecule has 0 atom stereocenters. The van der Waals surface area contributed by atoms with Gasteiger partial charge in [-0.1, -0.05) is 30.3 Å². The Morgan fingerprint density at radius 2 is 1.76 bits per heavy atom. The number of nitrogens with zero attached hydrogens (tertiary/aromatic N) is 2. The molecule has 0 spiro atoms. The van der Waals surface area contributed by atoms with Gasteiger partial charge in [0.2, 0.25) is 11.8 Å². The SMILES string of the molecule is CN1CCN(C(=O)CNC(=O)CCc2ccccc2)CC1. The van der Waals surface area contributed by atoms with E-state index in [1.165, 1.54) is 0 Å². The molecule has 1 aromatic carbocycles. The highest BCUT2D eigenvalue weighted by Crippen LogP contribution is 2.02. The van der Waals surface area contributed by atoms with Gasteiger partial charge in [0, 0.05) is 32.6 Å². The van der Waals surface area contributed by atoms with Crippen LogP contribution in [0.2, 0.25) is 0 Å². The van der Waals surface area contributed by atoms with Crippen LogP contribution in [0.3, 0.4) is 0 Å². The van der Waals surface area contributed by atoms with Crippen LogP contribution in [0.15, 0.2) is 30.3 Å². The first-order chi connectivity index (χ1) is 10.1. The summed E-state index contributed by atoms with van der Waals surface area (Å²) in [5, 5.41) is 2.72. The minimum Gasteiger partial charge on any atom is -0.347 e. The summed E-state index contributed by atoms with van der Waals surface area (Å²) in [6, 6.07) is 9.89. The van der Waals surface area contributed by atoms with Gasteiger partial charge in [-0.2, -0.15) is 0 Å². The number of piperazine rings is 1. The van der Waals surface area contributed by atoms with E-state index in [1.807, 2.05) is 42.3 Å². The maximum Gasteiger partial charge on any atom is 0.242 e. The molecule has 1 fully saturated rings. The zero-order chi connectivity index (χ0) is 15.1. The van der Waals surface area contributed by atoms with Gasteiger partial charge >= 0.3 is 0 Å². The van der Waals surface area contributed by atoms with Crippen molar-refractivity contribution in [1.29, 1.82) is 0 Å². The Morgan fingerprint density at radius 3 is 2.43 bits per heavy atom. The molecule has 0 aromatic heterocycles. The van der Waals surface area contributed by atoms with Crippen molar-refractivity contribution >= 4 is 11.8 Å². The second-order valence-electron chi connectivity index (χ2n) is 5.45. The highest BCUT2D eigenvalue weighted by Gasteiger charge is 2.19. The highest BCUT2D eigenvalue weighted by atomic mass is 16.2. The smallest absolute Gasteiger partial charge is 0.242 e. The summed E-state index contributed by atoms with van der Waals surface area (Å²) in [4.78, 5) is 27.8. The van der Waals surface area contributed by atoms with Crippen LogP contribution < -0.4 is 5.32 Å². The van der Waals surface area contributed by atoms with E-state index in [-0.39, 0.29) is 18.4 Å². The number of amides is 2. The summed E-state index contributed by atoms with van der Waals surface area (Å²) in [6.07, 6.45) is 1.12. The lowest BCUT2D eigenvalue weighted by molar-refractivity contribution is -0.134. The molecule has 1 aromatic rings. The van der Waals surface area contributed by atoms with E-state index in [2.05, 4.69) is 10.2 Å². The Kier molecular flexibility index (Phi) is 5.75. The lowest BCUT2D eigenvalue weighted by atomic mass is 10.1.